The molecule has 0 heterocycles. The first-order valence-electron chi connectivity index (χ1n) is 5.28. The van der Waals surface area contributed by atoms with E-state index >= 15 is 0 Å². The molecular formula is C12H16FNO. The Bertz CT molecular complexity index is 349. The topological polar surface area (TPSA) is 35.2 Å². The lowest BCUT2D eigenvalue weighted by Crippen LogP contribution is -2.25. The van der Waals surface area contributed by atoms with Gasteiger partial charge in [0.05, 0.1) is 7.11 Å². The maximum atomic E-state index is 13.4. The average molecular weight is 209 g/mol. The van der Waals surface area contributed by atoms with Crippen LogP contribution in [0.3, 0.4) is 0 Å². The van der Waals surface area contributed by atoms with Crippen LogP contribution >= 0.6 is 0 Å². The Morgan fingerprint density at radius 2 is 2.27 bits per heavy atom. The van der Waals surface area contributed by atoms with Crippen LogP contribution in [0.4, 0.5) is 4.39 Å². The molecule has 0 radical (unpaired) electrons. The Morgan fingerprint density at radius 3 is 2.80 bits per heavy atom. The predicted molar refractivity (Wildman–Crippen MR) is 57.4 cm³/mol. The van der Waals surface area contributed by atoms with Crippen LogP contribution in [0.25, 0.3) is 0 Å². The van der Waals surface area contributed by atoms with Crippen LogP contribution in [-0.4, -0.2) is 13.2 Å². The number of benzene rings is 1. The first-order valence-corrected chi connectivity index (χ1v) is 5.28. The molecule has 1 aromatic carbocycles. The van der Waals surface area contributed by atoms with E-state index in [2.05, 4.69) is 0 Å². The highest BCUT2D eigenvalue weighted by Crippen LogP contribution is 2.33. The Morgan fingerprint density at radius 1 is 1.53 bits per heavy atom. The van der Waals surface area contributed by atoms with Crippen molar-refractivity contribution in [1.82, 2.24) is 0 Å². The maximum Gasteiger partial charge on any atom is 0.165 e. The number of methoxy groups -OCH3 is 1. The summed E-state index contributed by atoms with van der Waals surface area (Å²) in [4.78, 5) is 0. The molecule has 0 aromatic heterocycles. The maximum absolute atomic E-state index is 13.4. The molecule has 0 saturated heterocycles. The Balaban J connectivity index is 2.05. The van der Waals surface area contributed by atoms with Gasteiger partial charge in [-0.3, -0.25) is 0 Å². The number of hydrogen-bond acceptors (Lipinski definition) is 2. The molecule has 1 atom stereocenters. The van der Waals surface area contributed by atoms with Crippen molar-refractivity contribution in [3.8, 4) is 5.75 Å². The molecule has 2 nitrogen and oxygen atoms in total. The first-order chi connectivity index (χ1) is 7.20. The monoisotopic (exact) mass is 209 g/mol. The van der Waals surface area contributed by atoms with Crippen molar-refractivity contribution in [2.24, 2.45) is 11.7 Å². The largest absolute Gasteiger partial charge is 0.494 e. The van der Waals surface area contributed by atoms with E-state index in [0.29, 0.717) is 11.7 Å². The van der Waals surface area contributed by atoms with Gasteiger partial charge in [-0.1, -0.05) is 6.07 Å². The van der Waals surface area contributed by atoms with E-state index in [1.165, 1.54) is 26.0 Å². The van der Waals surface area contributed by atoms with Crippen LogP contribution in [0, 0.1) is 11.7 Å². The quantitative estimate of drug-likeness (QED) is 0.824. The van der Waals surface area contributed by atoms with Crippen molar-refractivity contribution in [2.45, 2.75) is 25.3 Å². The zero-order chi connectivity index (χ0) is 10.8. The van der Waals surface area contributed by atoms with Gasteiger partial charge in [0.15, 0.2) is 11.6 Å². The highest BCUT2D eigenvalue weighted by Gasteiger charge is 2.28. The van der Waals surface area contributed by atoms with Crippen molar-refractivity contribution in [1.29, 1.82) is 0 Å². The molecule has 1 aliphatic rings. The summed E-state index contributed by atoms with van der Waals surface area (Å²) in [5, 5.41) is 0. The van der Waals surface area contributed by atoms with Gasteiger partial charge in [-0.2, -0.15) is 0 Å². The summed E-state index contributed by atoms with van der Waals surface area (Å²) in [6.07, 6.45) is 3.20. The lowest BCUT2D eigenvalue weighted by molar-refractivity contribution is 0.386. The summed E-state index contributed by atoms with van der Waals surface area (Å²) >= 11 is 0. The summed E-state index contributed by atoms with van der Waals surface area (Å²) in [6.45, 7) is 0. The number of hydrogen-bond donors (Lipinski definition) is 1. The van der Waals surface area contributed by atoms with Gasteiger partial charge in [0, 0.05) is 6.04 Å². The van der Waals surface area contributed by atoms with Gasteiger partial charge in [0.2, 0.25) is 0 Å². The fourth-order valence-corrected chi connectivity index (χ4v) is 1.80. The second-order valence-electron chi connectivity index (χ2n) is 4.17. The highest BCUT2D eigenvalue weighted by atomic mass is 19.1. The van der Waals surface area contributed by atoms with Crippen molar-refractivity contribution in [3.05, 3.63) is 29.6 Å². The second-order valence-corrected chi connectivity index (χ2v) is 4.17. The zero-order valence-corrected chi connectivity index (χ0v) is 8.87. The molecule has 0 aliphatic heterocycles. The first kappa shape index (κ1) is 10.4. The SMILES string of the molecule is COc1ccc(CC(N)C2CC2)cc1F. The Labute approximate surface area is 89.2 Å². The summed E-state index contributed by atoms with van der Waals surface area (Å²) in [7, 11) is 1.47. The van der Waals surface area contributed by atoms with Gasteiger partial charge in [0.25, 0.3) is 0 Å². The third-order valence-corrected chi connectivity index (χ3v) is 2.92. The van der Waals surface area contributed by atoms with Crippen LogP contribution in [-0.2, 0) is 6.42 Å². The van der Waals surface area contributed by atoms with Crippen LogP contribution in [0.15, 0.2) is 18.2 Å². The van der Waals surface area contributed by atoms with E-state index in [1.54, 1.807) is 6.07 Å². The number of rotatable bonds is 4. The third-order valence-electron chi connectivity index (χ3n) is 2.92. The molecule has 1 aliphatic carbocycles. The van der Waals surface area contributed by atoms with E-state index in [0.717, 1.165) is 12.0 Å². The fraction of sp³-hybridized carbons (Fsp3) is 0.500. The van der Waals surface area contributed by atoms with Crippen molar-refractivity contribution in [2.75, 3.05) is 7.11 Å². The lowest BCUT2D eigenvalue weighted by Gasteiger charge is -2.10. The minimum absolute atomic E-state index is 0.179. The lowest BCUT2D eigenvalue weighted by atomic mass is 10.0. The van der Waals surface area contributed by atoms with E-state index in [4.69, 9.17) is 10.5 Å². The number of nitrogens with two attached hydrogens (primary N) is 1. The fourth-order valence-electron chi connectivity index (χ4n) is 1.80. The van der Waals surface area contributed by atoms with Gasteiger partial charge in [-0.25, -0.2) is 4.39 Å². The molecule has 1 fully saturated rings. The van der Waals surface area contributed by atoms with E-state index in [-0.39, 0.29) is 11.9 Å². The molecule has 2 rings (SSSR count). The van der Waals surface area contributed by atoms with Gasteiger partial charge >= 0.3 is 0 Å². The summed E-state index contributed by atoms with van der Waals surface area (Å²) in [5.74, 6) is 0.631. The van der Waals surface area contributed by atoms with E-state index in [9.17, 15) is 4.39 Å². The minimum atomic E-state index is -0.307. The standard InChI is InChI=1S/C12H16FNO/c1-15-12-5-2-8(6-10(12)13)7-11(14)9-3-4-9/h2,5-6,9,11H,3-4,7,14H2,1H3. The number of ether oxygens (including phenoxy) is 1. The summed E-state index contributed by atoms with van der Waals surface area (Å²) in [6, 6.07) is 5.23. The second kappa shape index (κ2) is 4.19. The molecule has 0 amide bonds. The molecule has 82 valence electrons. The number of halogens is 1. The van der Waals surface area contributed by atoms with E-state index < -0.39 is 0 Å². The zero-order valence-electron chi connectivity index (χ0n) is 8.87. The predicted octanol–water partition coefficient (Wildman–Crippen LogP) is 2.11. The van der Waals surface area contributed by atoms with Crippen LogP contribution < -0.4 is 10.5 Å². The molecule has 0 bridgehead atoms. The molecular weight excluding hydrogens is 193 g/mol. The average Bonchev–Trinajstić information content (AvgIpc) is 3.01. The van der Waals surface area contributed by atoms with Gasteiger partial charge in [0.1, 0.15) is 0 Å². The molecule has 15 heavy (non-hydrogen) atoms. The van der Waals surface area contributed by atoms with Gasteiger partial charge in [-0.05, 0) is 42.9 Å². The van der Waals surface area contributed by atoms with Gasteiger partial charge < -0.3 is 10.5 Å². The van der Waals surface area contributed by atoms with Crippen LogP contribution in [0.1, 0.15) is 18.4 Å². The normalized spacial score (nSPS) is 17.5. The van der Waals surface area contributed by atoms with Crippen molar-refractivity contribution >= 4 is 0 Å². The van der Waals surface area contributed by atoms with Crippen LogP contribution in [0.5, 0.6) is 5.75 Å². The van der Waals surface area contributed by atoms with Crippen LogP contribution in [0.2, 0.25) is 0 Å². The highest BCUT2D eigenvalue weighted by molar-refractivity contribution is 5.29. The minimum Gasteiger partial charge on any atom is -0.494 e. The summed E-state index contributed by atoms with van der Waals surface area (Å²) in [5.41, 5.74) is 6.93. The smallest absolute Gasteiger partial charge is 0.165 e. The Hall–Kier alpha value is -1.09. The van der Waals surface area contributed by atoms with Crippen molar-refractivity contribution in [3.63, 3.8) is 0 Å². The third kappa shape index (κ3) is 2.48. The summed E-state index contributed by atoms with van der Waals surface area (Å²) < 4.78 is 18.2. The molecule has 0 spiro atoms. The van der Waals surface area contributed by atoms with E-state index in [1.807, 2.05) is 6.07 Å². The Kier molecular flexibility index (Phi) is 2.91. The molecule has 1 aromatic rings. The van der Waals surface area contributed by atoms with Crippen molar-refractivity contribution < 1.29 is 9.13 Å². The molecule has 1 saturated carbocycles. The molecule has 3 heteroatoms. The molecule has 2 N–H and O–H groups in total. The van der Waals surface area contributed by atoms with Gasteiger partial charge in [-0.15, -0.1) is 0 Å². The molecule has 1 unspecified atom stereocenters.